The normalized spacial score (nSPS) is 37.8. The van der Waals surface area contributed by atoms with Crippen molar-refractivity contribution in [3.8, 4) is 0 Å². The minimum absolute atomic E-state index is 0. The Bertz CT molecular complexity index is 418. The molecule has 0 aromatic rings. The first-order valence-electron chi connectivity index (χ1n) is 12.7. The molecule has 1 N–H and O–H groups in total. The van der Waals surface area contributed by atoms with E-state index in [4.69, 9.17) is 10.4 Å². The van der Waals surface area contributed by atoms with Crippen LogP contribution in [0.4, 0.5) is 0 Å². The first-order chi connectivity index (χ1) is 13.4. The van der Waals surface area contributed by atoms with Crippen molar-refractivity contribution in [1.29, 1.82) is 0 Å². The molecule has 198 valence electrons. The van der Waals surface area contributed by atoms with Crippen LogP contribution in [0.2, 0.25) is 39.3 Å². The van der Waals surface area contributed by atoms with Crippen molar-refractivity contribution in [1.82, 2.24) is 0 Å². The van der Waals surface area contributed by atoms with Gasteiger partial charge >= 0.3 is 31.1 Å². The molecule has 2 rings (SSSR count). The zero-order valence-electron chi connectivity index (χ0n) is 25.9. The van der Waals surface area contributed by atoms with Crippen LogP contribution in [-0.4, -0.2) is 23.0 Å². The van der Waals surface area contributed by atoms with E-state index >= 15 is 0 Å². The minimum Gasteiger partial charge on any atom is -0.677 e. The van der Waals surface area contributed by atoms with Crippen LogP contribution in [0.5, 0.6) is 0 Å². The predicted molar refractivity (Wildman–Crippen MR) is 158 cm³/mol. The monoisotopic (exact) mass is 723 g/mol. The fourth-order valence-electron chi connectivity index (χ4n) is 5.99. The SMILES string of the molecule is CC1C(C)C(C)C(C)C1C.CC1C(C)C(C)C(C[NH-])C1C.C[Si](C)(C)[N-][Si](C)(C)C.[CH3-].[CH3-].[U+4]. The van der Waals surface area contributed by atoms with Gasteiger partial charge in [-0.05, 0) is 53.3 Å². The van der Waals surface area contributed by atoms with Crippen molar-refractivity contribution in [2.24, 2.45) is 59.2 Å². The molecular formula is C28H64N2Si2U. The van der Waals surface area contributed by atoms with Gasteiger partial charge in [-0.1, -0.05) is 124 Å². The standard InChI is InChI=1S/C10H20N.C10H20.C6H18NSi2.2CH3.U/c1-6-7(2)9(4)10(5-11)8(6)3;1-6-7(2)9(4)10(5)8(6)3;1-8(2,3)7-9(4,5)6;;;/h6-11H,5H2,1-4H3;6-10H,1-5H3;1-6H3;2*1H3;/q-1;;3*-1;+4. The van der Waals surface area contributed by atoms with Crippen LogP contribution in [0, 0.1) is 105 Å². The summed E-state index contributed by atoms with van der Waals surface area (Å²) >= 11 is 0. The van der Waals surface area contributed by atoms with Crippen LogP contribution in [0.1, 0.15) is 62.3 Å². The molecule has 2 fully saturated rings. The summed E-state index contributed by atoms with van der Waals surface area (Å²) in [6.45, 7) is 35.7. The van der Waals surface area contributed by atoms with Gasteiger partial charge in [-0.15, -0.1) is 6.54 Å². The summed E-state index contributed by atoms with van der Waals surface area (Å²) < 4.78 is 4.82. The number of nitrogens with zero attached hydrogens (tertiary/aromatic N) is 1. The smallest absolute Gasteiger partial charge is 0.677 e. The Kier molecular flexibility index (Phi) is 21.4. The molecule has 0 aromatic carbocycles. The second-order valence-electron chi connectivity index (χ2n) is 13.1. The molecule has 0 radical (unpaired) electrons. The summed E-state index contributed by atoms with van der Waals surface area (Å²) in [5.74, 6) is 8.49. The molecule has 4 atom stereocenters. The minimum atomic E-state index is -1.11. The molecule has 0 saturated heterocycles. The molecule has 5 heteroatoms. The van der Waals surface area contributed by atoms with E-state index in [0.717, 1.165) is 53.3 Å². The van der Waals surface area contributed by atoms with Crippen LogP contribution in [0.3, 0.4) is 0 Å². The van der Waals surface area contributed by atoms with E-state index in [9.17, 15) is 0 Å². The fraction of sp³-hybridized carbons (Fsp3) is 0.929. The third kappa shape index (κ3) is 13.5. The molecule has 0 spiro atoms. The summed E-state index contributed by atoms with van der Waals surface area (Å²) in [5, 5.41) is 0. The largest absolute Gasteiger partial charge is 4.00 e. The topological polar surface area (TPSA) is 37.9 Å². The molecule has 4 unspecified atom stereocenters. The van der Waals surface area contributed by atoms with Gasteiger partial charge in [0.25, 0.3) is 0 Å². The Morgan fingerprint density at radius 2 is 0.667 bits per heavy atom. The van der Waals surface area contributed by atoms with Crippen molar-refractivity contribution >= 4 is 16.5 Å². The van der Waals surface area contributed by atoms with Gasteiger partial charge in [-0.25, -0.2) is 0 Å². The third-order valence-electron chi connectivity index (χ3n) is 8.89. The van der Waals surface area contributed by atoms with Gasteiger partial charge < -0.3 is 25.2 Å². The van der Waals surface area contributed by atoms with Crippen molar-refractivity contribution in [2.75, 3.05) is 6.54 Å². The van der Waals surface area contributed by atoms with E-state index in [0.29, 0.717) is 12.5 Å². The van der Waals surface area contributed by atoms with Crippen molar-refractivity contribution in [2.45, 2.75) is 102 Å². The first kappa shape index (κ1) is 41.5. The average molecular weight is 723 g/mol. The van der Waals surface area contributed by atoms with Crippen molar-refractivity contribution in [3.05, 3.63) is 25.2 Å². The summed E-state index contributed by atoms with van der Waals surface area (Å²) in [6.07, 6.45) is 0. The van der Waals surface area contributed by atoms with Crippen molar-refractivity contribution in [3.63, 3.8) is 0 Å². The molecule has 0 aliphatic heterocycles. The maximum absolute atomic E-state index is 7.44. The van der Waals surface area contributed by atoms with Crippen LogP contribution < -0.4 is 0 Å². The average Bonchev–Trinajstić information content (AvgIpc) is 2.88. The van der Waals surface area contributed by atoms with Crippen LogP contribution in [-0.2, 0) is 0 Å². The first-order valence-corrected chi connectivity index (χ1v) is 19.6. The van der Waals surface area contributed by atoms with Gasteiger partial charge in [0.15, 0.2) is 0 Å². The second-order valence-corrected chi connectivity index (χ2v) is 22.6. The van der Waals surface area contributed by atoms with Crippen LogP contribution >= 0.6 is 0 Å². The van der Waals surface area contributed by atoms with E-state index in [1.54, 1.807) is 0 Å². The summed E-state index contributed by atoms with van der Waals surface area (Å²) in [5.41, 5.74) is 7.44. The van der Waals surface area contributed by atoms with E-state index < -0.39 is 16.5 Å². The van der Waals surface area contributed by atoms with Crippen LogP contribution in [0.25, 0.3) is 10.4 Å². The van der Waals surface area contributed by atoms with Gasteiger partial charge in [0.1, 0.15) is 0 Å². The zero-order valence-corrected chi connectivity index (χ0v) is 32.1. The molecule has 0 bridgehead atoms. The zero-order chi connectivity index (χ0) is 24.2. The molecule has 0 aromatic heterocycles. The van der Waals surface area contributed by atoms with Gasteiger partial charge in [-0.2, -0.15) is 0 Å². The molecule has 2 aliphatic rings. The van der Waals surface area contributed by atoms with Crippen LogP contribution in [0.15, 0.2) is 0 Å². The molecule has 2 saturated carbocycles. The predicted octanol–water partition coefficient (Wildman–Crippen LogP) is 10.3. The van der Waals surface area contributed by atoms with E-state index in [1.165, 1.54) is 0 Å². The van der Waals surface area contributed by atoms with E-state index in [2.05, 4.69) is 102 Å². The Hall–Kier alpha value is 1.41. The summed E-state index contributed by atoms with van der Waals surface area (Å²) in [7, 11) is -2.21. The summed E-state index contributed by atoms with van der Waals surface area (Å²) in [6, 6.07) is 0. The van der Waals surface area contributed by atoms with Gasteiger partial charge in [0.2, 0.25) is 0 Å². The van der Waals surface area contributed by atoms with Gasteiger partial charge in [-0.3, -0.25) is 0 Å². The van der Waals surface area contributed by atoms with Gasteiger partial charge in [0.05, 0.1) is 0 Å². The Balaban J connectivity index is -0.000000184. The molecular weight excluding hydrogens is 659 g/mol. The number of nitrogens with one attached hydrogen (secondary N) is 1. The second kappa shape index (κ2) is 17.0. The van der Waals surface area contributed by atoms with E-state index in [-0.39, 0.29) is 46.0 Å². The Morgan fingerprint density at radius 1 is 0.485 bits per heavy atom. The maximum Gasteiger partial charge on any atom is 4.00 e. The molecule has 2 aliphatic carbocycles. The Labute approximate surface area is 238 Å². The summed E-state index contributed by atoms with van der Waals surface area (Å²) in [4.78, 5) is 0. The number of hydrogen-bond acceptors (Lipinski definition) is 0. The molecule has 2 nitrogen and oxygen atoms in total. The fourth-order valence-corrected chi connectivity index (χ4v) is 14.0. The van der Waals surface area contributed by atoms with Crippen molar-refractivity contribution < 1.29 is 31.1 Å². The maximum atomic E-state index is 7.44. The quantitative estimate of drug-likeness (QED) is 0.206. The molecule has 33 heavy (non-hydrogen) atoms. The number of rotatable bonds is 3. The molecule has 0 heterocycles. The van der Waals surface area contributed by atoms with Gasteiger partial charge in [0, 0.05) is 0 Å². The van der Waals surface area contributed by atoms with E-state index in [1.807, 2.05) is 0 Å². The number of hydrogen-bond donors (Lipinski definition) is 0. The Morgan fingerprint density at radius 3 is 0.758 bits per heavy atom. The molecule has 0 amide bonds. The third-order valence-corrected chi connectivity index (χ3v) is 14.3.